The molecule has 0 aliphatic heterocycles. The third kappa shape index (κ3) is 2.96. The second-order valence-corrected chi connectivity index (χ2v) is 4.67. The average molecular weight is 292 g/mol. The molecule has 0 radical (unpaired) electrons. The van der Waals surface area contributed by atoms with E-state index in [1.807, 2.05) is 20.2 Å². The normalized spacial score (nSPS) is 10.6. The minimum Gasteiger partial charge on any atom is -0.478 e. The van der Waals surface area contributed by atoms with E-state index in [-0.39, 0.29) is 16.9 Å². The lowest BCUT2D eigenvalue weighted by atomic mass is 10.1. The number of aromatic nitrogens is 2. The van der Waals surface area contributed by atoms with E-state index in [4.69, 9.17) is 10.8 Å². The molecule has 6 nitrogen and oxygen atoms in total. The molecule has 0 unspecified atom stereocenters. The largest absolute Gasteiger partial charge is 0.478 e. The van der Waals surface area contributed by atoms with Crippen LogP contribution in [-0.2, 0) is 20.0 Å². The van der Waals surface area contributed by atoms with Gasteiger partial charge in [-0.3, -0.25) is 4.68 Å². The molecule has 0 bridgehead atoms. The number of halogens is 1. The Balaban J connectivity index is 2.28. The van der Waals surface area contributed by atoms with Gasteiger partial charge in [-0.1, -0.05) is 6.92 Å². The first kappa shape index (κ1) is 14.8. The quantitative estimate of drug-likeness (QED) is 0.733. The molecule has 0 aliphatic carbocycles. The highest BCUT2D eigenvalue weighted by Gasteiger charge is 2.17. The molecule has 4 N–H and O–H groups in total. The van der Waals surface area contributed by atoms with Crippen molar-refractivity contribution >= 4 is 17.3 Å². The summed E-state index contributed by atoms with van der Waals surface area (Å²) in [6.45, 7) is 2.38. The van der Waals surface area contributed by atoms with Crippen molar-refractivity contribution in [1.29, 1.82) is 0 Å². The molecule has 0 atom stereocenters. The topological polar surface area (TPSA) is 93.2 Å². The minimum absolute atomic E-state index is 0.253. The molecule has 2 aromatic rings. The lowest BCUT2D eigenvalue weighted by Gasteiger charge is -2.12. The van der Waals surface area contributed by atoms with Crippen molar-refractivity contribution in [1.82, 2.24) is 9.78 Å². The fourth-order valence-electron chi connectivity index (χ4n) is 2.19. The highest BCUT2D eigenvalue weighted by Crippen LogP contribution is 2.25. The summed E-state index contributed by atoms with van der Waals surface area (Å²) in [7, 11) is 1.82. The van der Waals surface area contributed by atoms with E-state index >= 15 is 0 Å². The summed E-state index contributed by atoms with van der Waals surface area (Å²) in [6.07, 6.45) is 2.63. The summed E-state index contributed by atoms with van der Waals surface area (Å²) in [5.74, 6) is -2.01. The fraction of sp³-hybridized carbons (Fsp3) is 0.286. The maximum atomic E-state index is 13.4. The van der Waals surface area contributed by atoms with E-state index in [1.165, 1.54) is 6.07 Å². The standard InChI is InChI=1S/C14H17FN4O2/c1-3-10-8(7-19(2)18-10)6-17-11-5-4-9(15)13(16)12(11)14(20)21/h4-5,7,17H,3,6,16H2,1-2H3,(H,20,21). The highest BCUT2D eigenvalue weighted by molar-refractivity contribution is 6.00. The number of nitrogens with two attached hydrogens (primary N) is 1. The van der Waals surface area contributed by atoms with Crippen molar-refractivity contribution in [2.45, 2.75) is 19.9 Å². The van der Waals surface area contributed by atoms with Gasteiger partial charge in [0, 0.05) is 25.4 Å². The molecule has 0 saturated carbocycles. The number of anilines is 2. The Hall–Kier alpha value is -2.57. The molecule has 7 heteroatoms. The molecule has 21 heavy (non-hydrogen) atoms. The molecule has 1 aromatic heterocycles. The van der Waals surface area contributed by atoms with Gasteiger partial charge in [0.15, 0.2) is 0 Å². The molecule has 0 saturated heterocycles. The van der Waals surface area contributed by atoms with Crippen LogP contribution in [0.25, 0.3) is 0 Å². The Morgan fingerprint density at radius 3 is 2.86 bits per heavy atom. The van der Waals surface area contributed by atoms with Crippen molar-refractivity contribution in [2.24, 2.45) is 7.05 Å². The van der Waals surface area contributed by atoms with Crippen LogP contribution in [0.15, 0.2) is 18.3 Å². The van der Waals surface area contributed by atoms with E-state index < -0.39 is 11.8 Å². The maximum absolute atomic E-state index is 13.4. The molecule has 0 spiro atoms. The minimum atomic E-state index is -1.27. The van der Waals surface area contributed by atoms with Crippen molar-refractivity contribution in [3.63, 3.8) is 0 Å². The summed E-state index contributed by atoms with van der Waals surface area (Å²) in [4.78, 5) is 11.2. The van der Waals surface area contributed by atoms with Crippen molar-refractivity contribution in [3.8, 4) is 0 Å². The molecule has 0 aliphatic rings. The number of carboxylic acid groups (broad SMARTS) is 1. The number of carbonyl (C=O) groups is 1. The number of nitrogens with one attached hydrogen (secondary N) is 1. The Kier molecular flexibility index (Phi) is 4.11. The summed E-state index contributed by atoms with van der Waals surface area (Å²) < 4.78 is 15.1. The molecule has 1 aromatic carbocycles. The number of aromatic carboxylic acids is 1. The van der Waals surface area contributed by atoms with Gasteiger partial charge in [0.25, 0.3) is 0 Å². The van der Waals surface area contributed by atoms with Gasteiger partial charge in [-0.05, 0) is 18.6 Å². The van der Waals surface area contributed by atoms with Crippen LogP contribution >= 0.6 is 0 Å². The summed E-state index contributed by atoms with van der Waals surface area (Å²) in [5, 5.41) is 16.5. The van der Waals surface area contributed by atoms with E-state index in [1.54, 1.807) is 4.68 Å². The average Bonchev–Trinajstić information content (AvgIpc) is 2.79. The third-order valence-corrected chi connectivity index (χ3v) is 3.20. The van der Waals surface area contributed by atoms with Crippen LogP contribution in [0.1, 0.15) is 28.5 Å². The third-order valence-electron chi connectivity index (χ3n) is 3.20. The number of rotatable bonds is 5. The number of carboxylic acids is 1. The van der Waals surface area contributed by atoms with Crippen LogP contribution in [0.3, 0.4) is 0 Å². The predicted molar refractivity (Wildman–Crippen MR) is 77.7 cm³/mol. The Labute approximate surface area is 121 Å². The Morgan fingerprint density at radius 2 is 2.24 bits per heavy atom. The number of aryl methyl sites for hydroxylation is 2. The monoisotopic (exact) mass is 292 g/mol. The molecule has 2 rings (SSSR count). The first-order valence-corrected chi connectivity index (χ1v) is 6.50. The van der Waals surface area contributed by atoms with Crippen LogP contribution < -0.4 is 11.1 Å². The van der Waals surface area contributed by atoms with Crippen molar-refractivity contribution < 1.29 is 14.3 Å². The summed E-state index contributed by atoms with van der Waals surface area (Å²) in [6, 6.07) is 2.52. The Bertz CT molecular complexity index is 682. The summed E-state index contributed by atoms with van der Waals surface area (Å²) in [5.41, 5.74) is 7.05. The van der Waals surface area contributed by atoms with Gasteiger partial charge in [-0.25, -0.2) is 9.18 Å². The summed E-state index contributed by atoms with van der Waals surface area (Å²) >= 11 is 0. The molecule has 0 amide bonds. The number of benzene rings is 1. The Morgan fingerprint density at radius 1 is 1.52 bits per heavy atom. The molecular weight excluding hydrogens is 275 g/mol. The van der Waals surface area contributed by atoms with E-state index in [0.717, 1.165) is 23.7 Å². The first-order chi connectivity index (χ1) is 9.93. The van der Waals surface area contributed by atoms with Gasteiger partial charge in [0.1, 0.15) is 11.4 Å². The van der Waals surface area contributed by atoms with E-state index in [9.17, 15) is 9.18 Å². The van der Waals surface area contributed by atoms with Gasteiger partial charge in [-0.15, -0.1) is 0 Å². The predicted octanol–water partition coefficient (Wildman–Crippen LogP) is 2.01. The van der Waals surface area contributed by atoms with Gasteiger partial charge >= 0.3 is 5.97 Å². The van der Waals surface area contributed by atoms with Crippen LogP contribution in [-0.4, -0.2) is 20.9 Å². The molecule has 1 heterocycles. The van der Waals surface area contributed by atoms with Crippen LogP contribution in [0, 0.1) is 5.82 Å². The van der Waals surface area contributed by atoms with E-state index in [0.29, 0.717) is 6.54 Å². The number of hydrogen-bond donors (Lipinski definition) is 3. The SMILES string of the molecule is CCc1nn(C)cc1CNc1ccc(F)c(N)c1C(=O)O. The van der Waals surface area contributed by atoms with Crippen LogP contribution in [0.2, 0.25) is 0 Å². The lowest BCUT2D eigenvalue weighted by Crippen LogP contribution is -2.11. The lowest BCUT2D eigenvalue weighted by molar-refractivity contribution is 0.0698. The zero-order valence-corrected chi connectivity index (χ0v) is 11.9. The number of nitrogen functional groups attached to an aromatic ring is 1. The van der Waals surface area contributed by atoms with Crippen LogP contribution in [0.4, 0.5) is 15.8 Å². The second-order valence-electron chi connectivity index (χ2n) is 4.67. The van der Waals surface area contributed by atoms with Gasteiger partial charge < -0.3 is 16.2 Å². The molecule has 0 fully saturated rings. The molecule has 112 valence electrons. The molecular formula is C14H17FN4O2. The smallest absolute Gasteiger partial charge is 0.340 e. The zero-order valence-electron chi connectivity index (χ0n) is 11.9. The van der Waals surface area contributed by atoms with Gasteiger partial charge in [0.05, 0.1) is 17.1 Å². The first-order valence-electron chi connectivity index (χ1n) is 6.50. The number of hydrogen-bond acceptors (Lipinski definition) is 4. The van der Waals surface area contributed by atoms with E-state index in [2.05, 4.69) is 10.4 Å². The fourth-order valence-corrected chi connectivity index (χ4v) is 2.19. The van der Waals surface area contributed by atoms with Crippen molar-refractivity contribution in [2.75, 3.05) is 11.1 Å². The number of nitrogens with zero attached hydrogens (tertiary/aromatic N) is 2. The van der Waals surface area contributed by atoms with Gasteiger partial charge in [-0.2, -0.15) is 5.10 Å². The second kappa shape index (κ2) is 5.82. The highest BCUT2D eigenvalue weighted by atomic mass is 19.1. The van der Waals surface area contributed by atoms with Crippen LogP contribution in [0.5, 0.6) is 0 Å². The maximum Gasteiger partial charge on any atom is 0.340 e. The van der Waals surface area contributed by atoms with Crippen molar-refractivity contribution in [3.05, 3.63) is 41.0 Å². The van der Waals surface area contributed by atoms with Gasteiger partial charge in [0.2, 0.25) is 0 Å². The zero-order chi connectivity index (χ0) is 15.6.